The molecule has 0 fully saturated rings. The standard InChI is InChI=1S/C22H28O5/c1-2-13-25-17-20(24)22(27-16-19-11-7-4-8-12-19)21(14-23)26-15-18-9-5-3-6-10-18/h2-12,20-24H,1,13-17H2/t20-,21-,22+/m1/s1. The molecular weight excluding hydrogens is 344 g/mol. The van der Waals surface area contributed by atoms with Crippen molar-refractivity contribution < 1.29 is 24.4 Å². The first-order valence-electron chi connectivity index (χ1n) is 9.03. The molecule has 0 aliphatic carbocycles. The summed E-state index contributed by atoms with van der Waals surface area (Å²) in [6.45, 7) is 4.33. The number of aliphatic hydroxyl groups excluding tert-OH is 2. The Labute approximate surface area is 160 Å². The molecule has 146 valence electrons. The van der Waals surface area contributed by atoms with E-state index in [0.29, 0.717) is 19.8 Å². The Morgan fingerprint density at radius 1 is 0.889 bits per heavy atom. The SMILES string of the molecule is C=CCOC[C@@H](O)[C@H](OCc1ccccc1)[C@@H](CO)OCc1ccccc1. The summed E-state index contributed by atoms with van der Waals surface area (Å²) in [6, 6.07) is 19.3. The number of hydrogen-bond acceptors (Lipinski definition) is 5. The molecule has 5 nitrogen and oxygen atoms in total. The van der Waals surface area contributed by atoms with Crippen molar-refractivity contribution >= 4 is 0 Å². The van der Waals surface area contributed by atoms with Crippen LogP contribution in [0.4, 0.5) is 0 Å². The predicted molar refractivity (Wildman–Crippen MR) is 104 cm³/mol. The monoisotopic (exact) mass is 372 g/mol. The van der Waals surface area contributed by atoms with E-state index < -0.39 is 18.3 Å². The van der Waals surface area contributed by atoms with Crippen LogP contribution < -0.4 is 0 Å². The predicted octanol–water partition coefficient (Wildman–Crippen LogP) is 2.71. The quantitative estimate of drug-likeness (QED) is 0.418. The van der Waals surface area contributed by atoms with Crippen molar-refractivity contribution in [3.05, 3.63) is 84.4 Å². The molecule has 0 amide bonds. The van der Waals surface area contributed by atoms with Crippen molar-refractivity contribution in [2.24, 2.45) is 0 Å². The zero-order chi connectivity index (χ0) is 19.3. The maximum absolute atomic E-state index is 10.5. The van der Waals surface area contributed by atoms with Gasteiger partial charge in [0.25, 0.3) is 0 Å². The van der Waals surface area contributed by atoms with Gasteiger partial charge in [-0.3, -0.25) is 0 Å². The highest BCUT2D eigenvalue weighted by Gasteiger charge is 2.30. The van der Waals surface area contributed by atoms with E-state index in [1.54, 1.807) is 6.08 Å². The lowest BCUT2D eigenvalue weighted by Gasteiger charge is -2.30. The second kappa shape index (κ2) is 12.4. The molecule has 0 saturated carbocycles. The molecule has 2 aromatic rings. The summed E-state index contributed by atoms with van der Waals surface area (Å²) in [5.74, 6) is 0. The molecule has 2 aromatic carbocycles. The van der Waals surface area contributed by atoms with Crippen LogP contribution in [0.1, 0.15) is 11.1 Å². The van der Waals surface area contributed by atoms with E-state index in [-0.39, 0.29) is 13.2 Å². The Hall–Kier alpha value is -2.02. The van der Waals surface area contributed by atoms with Crippen LogP contribution in [-0.4, -0.2) is 48.3 Å². The number of benzene rings is 2. The van der Waals surface area contributed by atoms with Crippen LogP contribution in [0.25, 0.3) is 0 Å². The van der Waals surface area contributed by atoms with E-state index >= 15 is 0 Å². The van der Waals surface area contributed by atoms with Gasteiger partial charge in [-0.1, -0.05) is 66.7 Å². The van der Waals surface area contributed by atoms with E-state index in [9.17, 15) is 10.2 Å². The zero-order valence-corrected chi connectivity index (χ0v) is 15.4. The highest BCUT2D eigenvalue weighted by Crippen LogP contribution is 2.15. The summed E-state index contributed by atoms with van der Waals surface area (Å²) in [5, 5.41) is 20.4. The Morgan fingerprint density at radius 2 is 1.44 bits per heavy atom. The van der Waals surface area contributed by atoms with Crippen LogP contribution in [0.2, 0.25) is 0 Å². The van der Waals surface area contributed by atoms with Gasteiger partial charge in [-0.25, -0.2) is 0 Å². The van der Waals surface area contributed by atoms with Gasteiger partial charge >= 0.3 is 0 Å². The Balaban J connectivity index is 2.01. The molecule has 0 saturated heterocycles. The lowest BCUT2D eigenvalue weighted by Crippen LogP contribution is -2.45. The third kappa shape index (κ3) is 7.62. The third-order valence-electron chi connectivity index (χ3n) is 4.04. The second-order valence-electron chi connectivity index (χ2n) is 6.17. The fourth-order valence-electron chi connectivity index (χ4n) is 2.63. The summed E-state index contributed by atoms with van der Waals surface area (Å²) < 4.78 is 17.1. The van der Waals surface area contributed by atoms with Crippen LogP contribution in [0.15, 0.2) is 73.3 Å². The van der Waals surface area contributed by atoms with Gasteiger partial charge in [-0.05, 0) is 11.1 Å². The fourth-order valence-corrected chi connectivity index (χ4v) is 2.63. The molecule has 0 aromatic heterocycles. The summed E-state index contributed by atoms with van der Waals surface area (Å²) in [4.78, 5) is 0. The number of rotatable bonds is 13. The molecule has 0 aliphatic rings. The van der Waals surface area contributed by atoms with Crippen LogP contribution in [0, 0.1) is 0 Å². The van der Waals surface area contributed by atoms with Crippen molar-refractivity contribution in [3.63, 3.8) is 0 Å². The van der Waals surface area contributed by atoms with Crippen LogP contribution >= 0.6 is 0 Å². The highest BCUT2D eigenvalue weighted by molar-refractivity contribution is 5.14. The van der Waals surface area contributed by atoms with Crippen molar-refractivity contribution in [3.8, 4) is 0 Å². The Kier molecular flexibility index (Phi) is 9.76. The maximum Gasteiger partial charge on any atom is 0.114 e. The largest absolute Gasteiger partial charge is 0.394 e. The summed E-state index contributed by atoms with van der Waals surface area (Å²) in [6.07, 6.45) is -0.747. The van der Waals surface area contributed by atoms with E-state index in [4.69, 9.17) is 14.2 Å². The van der Waals surface area contributed by atoms with Gasteiger partial charge in [0.05, 0.1) is 33.0 Å². The molecule has 0 unspecified atom stereocenters. The molecule has 5 heteroatoms. The van der Waals surface area contributed by atoms with E-state index in [1.807, 2.05) is 60.7 Å². The lowest BCUT2D eigenvalue weighted by molar-refractivity contribution is -0.155. The molecule has 0 spiro atoms. The van der Waals surface area contributed by atoms with Gasteiger partial charge in [0.1, 0.15) is 18.3 Å². The third-order valence-corrected chi connectivity index (χ3v) is 4.04. The second-order valence-corrected chi connectivity index (χ2v) is 6.17. The molecule has 27 heavy (non-hydrogen) atoms. The van der Waals surface area contributed by atoms with Crippen molar-refractivity contribution in [2.75, 3.05) is 19.8 Å². The minimum Gasteiger partial charge on any atom is -0.394 e. The van der Waals surface area contributed by atoms with Gasteiger partial charge < -0.3 is 24.4 Å². The van der Waals surface area contributed by atoms with Gasteiger partial charge in [0, 0.05) is 0 Å². The van der Waals surface area contributed by atoms with Crippen molar-refractivity contribution in [2.45, 2.75) is 31.5 Å². The molecule has 0 aliphatic heterocycles. The average Bonchev–Trinajstić information content (AvgIpc) is 2.72. The first kappa shape index (κ1) is 21.3. The molecule has 0 radical (unpaired) electrons. The summed E-state index contributed by atoms with van der Waals surface area (Å²) in [5.41, 5.74) is 1.96. The van der Waals surface area contributed by atoms with Crippen molar-refractivity contribution in [1.29, 1.82) is 0 Å². The molecular formula is C22H28O5. The Morgan fingerprint density at radius 3 is 1.96 bits per heavy atom. The van der Waals surface area contributed by atoms with Crippen molar-refractivity contribution in [1.82, 2.24) is 0 Å². The summed E-state index contributed by atoms with van der Waals surface area (Å²) >= 11 is 0. The summed E-state index contributed by atoms with van der Waals surface area (Å²) in [7, 11) is 0. The molecule has 2 N–H and O–H groups in total. The fraction of sp³-hybridized carbons (Fsp3) is 0.364. The Bertz CT molecular complexity index is 632. The van der Waals surface area contributed by atoms with E-state index in [1.165, 1.54) is 0 Å². The van der Waals surface area contributed by atoms with Crippen LogP contribution in [0.3, 0.4) is 0 Å². The molecule has 3 atom stereocenters. The minimum absolute atomic E-state index is 0.0661. The van der Waals surface area contributed by atoms with Gasteiger partial charge in [0.15, 0.2) is 0 Å². The highest BCUT2D eigenvalue weighted by atomic mass is 16.6. The van der Waals surface area contributed by atoms with Gasteiger partial charge in [-0.2, -0.15) is 0 Å². The lowest BCUT2D eigenvalue weighted by atomic mass is 10.1. The van der Waals surface area contributed by atoms with Crippen LogP contribution in [-0.2, 0) is 27.4 Å². The van der Waals surface area contributed by atoms with E-state index in [0.717, 1.165) is 11.1 Å². The number of ether oxygens (including phenoxy) is 3. The molecule has 0 heterocycles. The molecule has 0 bridgehead atoms. The smallest absolute Gasteiger partial charge is 0.114 e. The average molecular weight is 372 g/mol. The zero-order valence-electron chi connectivity index (χ0n) is 15.4. The first-order chi connectivity index (χ1) is 13.2. The van der Waals surface area contributed by atoms with Gasteiger partial charge in [-0.15, -0.1) is 6.58 Å². The normalized spacial score (nSPS) is 14.4. The first-order valence-corrected chi connectivity index (χ1v) is 9.03. The minimum atomic E-state index is -0.943. The van der Waals surface area contributed by atoms with Crippen LogP contribution in [0.5, 0.6) is 0 Å². The molecule has 2 rings (SSSR count). The number of hydrogen-bond donors (Lipinski definition) is 2. The maximum atomic E-state index is 10.5. The topological polar surface area (TPSA) is 68.2 Å². The number of aliphatic hydroxyl groups is 2. The van der Waals surface area contributed by atoms with Gasteiger partial charge in [0.2, 0.25) is 0 Å². The van der Waals surface area contributed by atoms with E-state index in [2.05, 4.69) is 6.58 Å².